The van der Waals surface area contributed by atoms with Crippen LogP contribution in [-0.4, -0.2) is 36.6 Å². The highest BCUT2D eigenvalue weighted by Crippen LogP contribution is 2.32. The van der Waals surface area contributed by atoms with E-state index < -0.39 is 0 Å². The molecule has 0 aliphatic heterocycles. The molecule has 152 valence electrons. The predicted molar refractivity (Wildman–Crippen MR) is 111 cm³/mol. The lowest BCUT2D eigenvalue weighted by molar-refractivity contribution is 0.0783. The van der Waals surface area contributed by atoms with Gasteiger partial charge in [-0.2, -0.15) is 0 Å². The number of methoxy groups -OCH3 is 2. The van der Waals surface area contributed by atoms with E-state index in [1.54, 1.807) is 38.3 Å². The van der Waals surface area contributed by atoms with Gasteiger partial charge in [0.2, 0.25) is 0 Å². The zero-order valence-electron chi connectivity index (χ0n) is 17.3. The van der Waals surface area contributed by atoms with E-state index in [4.69, 9.17) is 9.47 Å². The summed E-state index contributed by atoms with van der Waals surface area (Å²) >= 11 is 0. The van der Waals surface area contributed by atoms with Crippen LogP contribution in [0.4, 0.5) is 4.39 Å². The average molecular weight is 396 g/mol. The average Bonchev–Trinajstić information content (AvgIpc) is 3.01. The van der Waals surface area contributed by atoms with Gasteiger partial charge in [-0.25, -0.2) is 4.39 Å². The molecule has 3 rings (SSSR count). The number of hydrogen-bond donors (Lipinski definition) is 0. The SMILES string of the molecule is COc1cccc(CN(C)C(=O)c2cc(C)n(-c3ccc(F)cc3)c2C)c1OC. The Morgan fingerprint density at radius 2 is 1.76 bits per heavy atom. The lowest BCUT2D eigenvalue weighted by atomic mass is 10.1. The molecular weight excluding hydrogens is 371 g/mol. The highest BCUT2D eigenvalue weighted by atomic mass is 19.1. The first-order valence-electron chi connectivity index (χ1n) is 9.27. The minimum Gasteiger partial charge on any atom is -0.493 e. The molecule has 6 heteroatoms. The summed E-state index contributed by atoms with van der Waals surface area (Å²) in [4.78, 5) is 14.8. The third-order valence-electron chi connectivity index (χ3n) is 4.99. The van der Waals surface area contributed by atoms with E-state index in [1.807, 2.05) is 42.7 Å². The molecule has 0 aliphatic rings. The van der Waals surface area contributed by atoms with Gasteiger partial charge in [-0.1, -0.05) is 12.1 Å². The number of rotatable bonds is 6. The number of aryl methyl sites for hydroxylation is 1. The molecule has 0 atom stereocenters. The highest BCUT2D eigenvalue weighted by molar-refractivity contribution is 5.95. The van der Waals surface area contributed by atoms with Crippen molar-refractivity contribution in [2.24, 2.45) is 0 Å². The standard InChI is InChI=1S/C23H25FN2O3/c1-15-13-20(16(2)26(15)19-11-9-18(24)10-12-19)23(27)25(3)14-17-7-6-8-21(28-4)22(17)29-5/h6-13H,14H2,1-5H3. The van der Waals surface area contributed by atoms with Gasteiger partial charge in [-0.05, 0) is 50.2 Å². The van der Waals surface area contributed by atoms with Crippen LogP contribution in [0.1, 0.15) is 27.3 Å². The van der Waals surface area contributed by atoms with Crippen molar-refractivity contribution in [2.75, 3.05) is 21.3 Å². The van der Waals surface area contributed by atoms with Crippen LogP contribution in [0, 0.1) is 19.7 Å². The molecule has 0 radical (unpaired) electrons. The molecule has 1 heterocycles. The van der Waals surface area contributed by atoms with Crippen LogP contribution in [0.2, 0.25) is 0 Å². The van der Waals surface area contributed by atoms with Gasteiger partial charge in [0.05, 0.1) is 19.8 Å². The number of nitrogens with zero attached hydrogens (tertiary/aromatic N) is 2. The van der Waals surface area contributed by atoms with E-state index in [-0.39, 0.29) is 11.7 Å². The summed E-state index contributed by atoms with van der Waals surface area (Å²) in [5.41, 5.74) is 4.00. The summed E-state index contributed by atoms with van der Waals surface area (Å²) in [6, 6.07) is 13.7. The quantitative estimate of drug-likeness (QED) is 0.615. The summed E-state index contributed by atoms with van der Waals surface area (Å²) in [6.45, 7) is 4.20. The smallest absolute Gasteiger partial charge is 0.255 e. The second-order valence-corrected chi connectivity index (χ2v) is 6.91. The van der Waals surface area contributed by atoms with Crippen LogP contribution >= 0.6 is 0 Å². The van der Waals surface area contributed by atoms with Gasteiger partial charge in [0.25, 0.3) is 5.91 Å². The Morgan fingerprint density at radius 1 is 1.07 bits per heavy atom. The number of amides is 1. The molecule has 1 amide bonds. The van der Waals surface area contributed by atoms with Crippen molar-refractivity contribution in [3.8, 4) is 17.2 Å². The first-order valence-corrected chi connectivity index (χ1v) is 9.27. The van der Waals surface area contributed by atoms with E-state index in [0.29, 0.717) is 23.6 Å². The predicted octanol–water partition coefficient (Wildman–Crippen LogP) is 4.52. The lowest BCUT2D eigenvalue weighted by Gasteiger charge is -2.20. The maximum atomic E-state index is 13.3. The minimum absolute atomic E-state index is 0.101. The largest absolute Gasteiger partial charge is 0.493 e. The summed E-state index contributed by atoms with van der Waals surface area (Å²) in [5.74, 6) is 0.850. The van der Waals surface area contributed by atoms with Crippen LogP contribution in [-0.2, 0) is 6.54 Å². The molecule has 0 saturated carbocycles. The molecule has 0 saturated heterocycles. The Hall–Kier alpha value is -3.28. The van der Waals surface area contributed by atoms with Crippen LogP contribution in [0.25, 0.3) is 5.69 Å². The van der Waals surface area contributed by atoms with E-state index in [0.717, 1.165) is 22.6 Å². The molecule has 0 fully saturated rings. The summed E-state index contributed by atoms with van der Waals surface area (Å²) in [6.07, 6.45) is 0. The first kappa shape index (κ1) is 20.5. The second-order valence-electron chi connectivity index (χ2n) is 6.91. The summed E-state index contributed by atoms with van der Waals surface area (Å²) in [7, 11) is 4.92. The maximum Gasteiger partial charge on any atom is 0.255 e. The second kappa shape index (κ2) is 8.39. The van der Waals surface area contributed by atoms with E-state index in [9.17, 15) is 9.18 Å². The normalized spacial score (nSPS) is 10.7. The van der Waals surface area contributed by atoms with Gasteiger partial charge >= 0.3 is 0 Å². The number of hydrogen-bond acceptors (Lipinski definition) is 3. The first-order chi connectivity index (χ1) is 13.9. The van der Waals surface area contributed by atoms with Crippen molar-refractivity contribution in [2.45, 2.75) is 20.4 Å². The number of benzene rings is 2. The van der Waals surface area contributed by atoms with Crippen LogP contribution in [0.15, 0.2) is 48.5 Å². The van der Waals surface area contributed by atoms with Gasteiger partial charge in [0, 0.05) is 36.2 Å². The van der Waals surface area contributed by atoms with Crippen molar-refractivity contribution >= 4 is 5.91 Å². The van der Waals surface area contributed by atoms with Crippen LogP contribution in [0.3, 0.4) is 0 Å². The van der Waals surface area contributed by atoms with Crippen LogP contribution < -0.4 is 9.47 Å². The Labute approximate surface area is 170 Å². The zero-order chi connectivity index (χ0) is 21.1. The van der Waals surface area contributed by atoms with Gasteiger partial charge in [-0.15, -0.1) is 0 Å². The Bertz CT molecular complexity index is 1030. The molecule has 2 aromatic carbocycles. The van der Waals surface area contributed by atoms with Crippen molar-refractivity contribution < 1.29 is 18.7 Å². The van der Waals surface area contributed by atoms with Gasteiger partial charge in [-0.3, -0.25) is 4.79 Å². The fourth-order valence-corrected chi connectivity index (χ4v) is 3.58. The molecule has 3 aromatic rings. The van der Waals surface area contributed by atoms with Crippen LogP contribution in [0.5, 0.6) is 11.5 Å². The maximum absolute atomic E-state index is 13.3. The Morgan fingerprint density at radius 3 is 2.38 bits per heavy atom. The van der Waals surface area contributed by atoms with Crippen molar-refractivity contribution in [3.63, 3.8) is 0 Å². The molecular formula is C23H25FN2O3. The molecule has 29 heavy (non-hydrogen) atoms. The molecule has 0 spiro atoms. The number of para-hydroxylation sites is 1. The molecule has 0 N–H and O–H groups in total. The summed E-state index contributed by atoms with van der Waals surface area (Å²) < 4.78 is 26.0. The topological polar surface area (TPSA) is 43.7 Å². The highest BCUT2D eigenvalue weighted by Gasteiger charge is 2.21. The van der Waals surface area contributed by atoms with E-state index >= 15 is 0 Å². The number of ether oxygens (including phenoxy) is 2. The third kappa shape index (κ3) is 3.97. The van der Waals surface area contributed by atoms with Gasteiger partial charge in [0.15, 0.2) is 11.5 Å². The molecule has 1 aromatic heterocycles. The number of aromatic nitrogens is 1. The van der Waals surface area contributed by atoms with Gasteiger partial charge < -0.3 is 18.9 Å². The molecule has 0 bridgehead atoms. The van der Waals surface area contributed by atoms with Crippen molar-refractivity contribution in [3.05, 3.63) is 76.9 Å². The summed E-state index contributed by atoms with van der Waals surface area (Å²) in [5, 5.41) is 0. The molecule has 0 unspecified atom stereocenters. The molecule has 5 nitrogen and oxygen atoms in total. The molecule has 0 aliphatic carbocycles. The minimum atomic E-state index is -0.292. The fraction of sp³-hybridized carbons (Fsp3) is 0.261. The van der Waals surface area contributed by atoms with Crippen molar-refractivity contribution in [1.29, 1.82) is 0 Å². The monoisotopic (exact) mass is 396 g/mol. The third-order valence-corrected chi connectivity index (χ3v) is 4.99. The number of carbonyl (C=O) groups is 1. The van der Waals surface area contributed by atoms with Crippen molar-refractivity contribution in [1.82, 2.24) is 9.47 Å². The number of halogens is 1. The van der Waals surface area contributed by atoms with E-state index in [2.05, 4.69) is 0 Å². The number of carbonyl (C=O) groups excluding carboxylic acids is 1. The Kier molecular flexibility index (Phi) is 5.92. The van der Waals surface area contributed by atoms with Gasteiger partial charge in [0.1, 0.15) is 5.82 Å². The fourth-order valence-electron chi connectivity index (χ4n) is 3.58. The van der Waals surface area contributed by atoms with E-state index in [1.165, 1.54) is 12.1 Å². The lowest BCUT2D eigenvalue weighted by Crippen LogP contribution is -2.27. The zero-order valence-corrected chi connectivity index (χ0v) is 17.3. The Balaban J connectivity index is 1.90.